The molecule has 0 aliphatic carbocycles. The molecule has 6 nitrogen and oxygen atoms in total. The molecule has 0 amide bonds. The predicted molar refractivity (Wildman–Crippen MR) is 349 cm³/mol. The molecule has 0 fully saturated rings. The Hall–Kier alpha value is -6.66. The van der Waals surface area contributed by atoms with Crippen LogP contribution in [0.3, 0.4) is 0 Å². The highest BCUT2D eigenvalue weighted by atomic mass is 16.5. The molecule has 0 aromatic heterocycles. The monoisotopic (exact) mass is 1130 g/mol. The zero-order valence-electron chi connectivity index (χ0n) is 55.3. The van der Waals surface area contributed by atoms with Crippen molar-refractivity contribution in [1.29, 1.82) is 0 Å². The minimum atomic E-state index is -0.192. The van der Waals surface area contributed by atoms with Gasteiger partial charge >= 0.3 is 0 Å². The molecule has 9 rings (SSSR count). The third-order valence-electron chi connectivity index (χ3n) is 17.5. The van der Waals surface area contributed by atoms with E-state index >= 15 is 0 Å². The first kappa shape index (κ1) is 61.9. The Morgan fingerprint density at radius 1 is 0.262 bits per heavy atom. The SMILES string of the molecule is COc1c2cc(C(C)(C)C)cc1Cc1cc(C(C)(C)C)cc3c1OCc1cccc(c1)COc1c(cc(C(C)(C)C)cc1Cc1cc(C(C)(C)C)cc(c1OC)Cc1cc(C(C)(C)C)cc(c1OC)C3)Cc1cc(C(C)(C)C)cc(c1OC)C2. The van der Waals surface area contributed by atoms with Crippen molar-refractivity contribution in [1.82, 2.24) is 0 Å². The summed E-state index contributed by atoms with van der Waals surface area (Å²) in [5.41, 5.74) is 21.9. The first-order valence-corrected chi connectivity index (χ1v) is 30.6. The molecule has 7 aromatic carbocycles. The van der Waals surface area contributed by atoms with Gasteiger partial charge in [0.15, 0.2) is 0 Å². The highest BCUT2D eigenvalue weighted by molar-refractivity contribution is 5.62. The topological polar surface area (TPSA) is 55.4 Å². The van der Waals surface area contributed by atoms with Crippen molar-refractivity contribution >= 4 is 0 Å². The molecule has 0 saturated heterocycles. The van der Waals surface area contributed by atoms with E-state index in [0.717, 1.165) is 112 Å². The van der Waals surface area contributed by atoms with Gasteiger partial charge in [0.1, 0.15) is 47.7 Å². The number of rotatable bonds is 4. The van der Waals surface area contributed by atoms with E-state index in [1.807, 2.05) is 28.4 Å². The fraction of sp³-hybridized carbons (Fsp3) is 0.462. The lowest BCUT2D eigenvalue weighted by atomic mass is 9.79. The van der Waals surface area contributed by atoms with Crippen LogP contribution in [-0.2, 0) is 84.2 Å². The van der Waals surface area contributed by atoms with Crippen molar-refractivity contribution in [3.8, 4) is 34.5 Å². The van der Waals surface area contributed by atoms with Crippen molar-refractivity contribution in [2.24, 2.45) is 0 Å². The van der Waals surface area contributed by atoms with Gasteiger partial charge in [0.25, 0.3) is 0 Å². The summed E-state index contributed by atoms with van der Waals surface area (Å²) < 4.78 is 41.9. The summed E-state index contributed by atoms with van der Waals surface area (Å²) in [6.45, 7) is 42.4. The average molecular weight is 1130 g/mol. The van der Waals surface area contributed by atoms with E-state index in [9.17, 15) is 0 Å². The van der Waals surface area contributed by atoms with Gasteiger partial charge in [-0.1, -0.05) is 216 Å². The summed E-state index contributed by atoms with van der Waals surface area (Å²) in [5, 5.41) is 0. The molecule has 6 heteroatoms. The maximum atomic E-state index is 7.47. The molecule has 7 aromatic rings. The van der Waals surface area contributed by atoms with Gasteiger partial charge in [0.2, 0.25) is 0 Å². The summed E-state index contributed by atoms with van der Waals surface area (Å²) in [6, 6.07) is 37.5. The molecule has 84 heavy (non-hydrogen) atoms. The van der Waals surface area contributed by atoms with Crippen LogP contribution < -0.4 is 28.4 Å². The van der Waals surface area contributed by atoms with Crippen molar-refractivity contribution in [3.05, 3.63) is 208 Å². The standard InChI is InChI=1S/C78H98O6/c1-73(2,3)61-33-49-27-50-34-62(74(4,5)6)38-54(68(50)80-20)30-59-43-66(78(16,17)18)44-60-32-56-40-64(76(10,11)12)36-52(70(56)82-22)28-51-35-63(75(7,8)9)39-55(69(51)81-21)31-58-42-65(77(13,14)15)41-57(29-53(37-61)67(49)79-19)71(58)83-45-47-24-23-25-48(26-47)46-84-72(59)60/h23-26,33-44H,27-32,45-46H2,1-22H3. The minimum Gasteiger partial charge on any atom is -0.496 e. The smallest absolute Gasteiger partial charge is 0.126 e. The fourth-order valence-corrected chi connectivity index (χ4v) is 12.5. The molecular weight excluding hydrogens is 1030 g/mol. The summed E-state index contributed by atoms with van der Waals surface area (Å²) >= 11 is 0. The molecule has 0 radical (unpaired) electrons. The normalized spacial score (nSPS) is 14.4. The largest absolute Gasteiger partial charge is 0.496 e. The first-order valence-electron chi connectivity index (χ1n) is 30.6. The molecule has 0 unspecified atom stereocenters. The second-order valence-electron chi connectivity index (χ2n) is 30.5. The number of hydrogen-bond donors (Lipinski definition) is 0. The van der Waals surface area contributed by atoms with Gasteiger partial charge in [-0.2, -0.15) is 0 Å². The Balaban J connectivity index is 1.49. The number of fused-ring (bicyclic) bond motifs is 10. The van der Waals surface area contributed by atoms with Crippen LogP contribution in [0.1, 0.15) is 236 Å². The van der Waals surface area contributed by atoms with Gasteiger partial charge in [0, 0.05) is 38.5 Å². The lowest BCUT2D eigenvalue weighted by Crippen LogP contribution is -2.17. The van der Waals surface area contributed by atoms with Crippen LogP contribution >= 0.6 is 0 Å². The first-order chi connectivity index (χ1) is 39.2. The Labute approximate surface area is 506 Å². The van der Waals surface area contributed by atoms with Crippen molar-refractivity contribution in [3.63, 3.8) is 0 Å². The Bertz CT molecular complexity index is 3180. The highest BCUT2D eigenvalue weighted by Gasteiger charge is 2.31. The maximum Gasteiger partial charge on any atom is 0.126 e. The highest BCUT2D eigenvalue weighted by Crippen LogP contribution is 2.46. The quantitative estimate of drug-likeness (QED) is 0.175. The second-order valence-corrected chi connectivity index (χ2v) is 30.5. The fourth-order valence-electron chi connectivity index (χ4n) is 12.5. The van der Waals surface area contributed by atoms with E-state index in [0.29, 0.717) is 51.7 Å². The molecule has 0 atom stereocenters. The van der Waals surface area contributed by atoms with Crippen LogP contribution in [0, 0.1) is 0 Å². The van der Waals surface area contributed by atoms with Crippen LogP contribution in [0.4, 0.5) is 0 Å². The van der Waals surface area contributed by atoms with E-state index in [2.05, 4.69) is 222 Å². The van der Waals surface area contributed by atoms with E-state index in [1.54, 1.807) is 0 Å². The molecule has 0 N–H and O–H groups in total. The zero-order valence-corrected chi connectivity index (χ0v) is 55.3. The van der Waals surface area contributed by atoms with Gasteiger partial charge < -0.3 is 28.4 Å². The third-order valence-corrected chi connectivity index (χ3v) is 17.5. The third kappa shape index (κ3) is 13.2. The molecule has 2 heterocycles. The summed E-state index contributed by atoms with van der Waals surface area (Å²) in [4.78, 5) is 0. The number of ether oxygens (including phenoxy) is 6. The second kappa shape index (κ2) is 23.0. The molecule has 2 aliphatic heterocycles. The van der Waals surface area contributed by atoms with Gasteiger partial charge in [-0.25, -0.2) is 0 Å². The van der Waals surface area contributed by atoms with Crippen LogP contribution in [0.25, 0.3) is 0 Å². The van der Waals surface area contributed by atoms with E-state index in [1.165, 1.54) is 33.4 Å². The molecular formula is C78H98O6. The Kier molecular flexibility index (Phi) is 16.9. The van der Waals surface area contributed by atoms with Crippen molar-refractivity contribution in [2.75, 3.05) is 28.4 Å². The molecule has 0 spiro atoms. The number of benzene rings is 7. The average Bonchev–Trinajstić information content (AvgIpc) is 3.46. The van der Waals surface area contributed by atoms with Gasteiger partial charge in [-0.05, 0) is 150 Å². The lowest BCUT2D eigenvalue weighted by molar-refractivity contribution is 0.294. The molecule has 446 valence electrons. The zero-order chi connectivity index (χ0) is 61.2. The minimum absolute atomic E-state index is 0.172. The Morgan fingerprint density at radius 2 is 0.440 bits per heavy atom. The summed E-state index contributed by atoms with van der Waals surface area (Å²) in [7, 11) is 7.35. The summed E-state index contributed by atoms with van der Waals surface area (Å²) in [5.74, 6) is 5.29. The Morgan fingerprint density at radius 3 is 0.619 bits per heavy atom. The molecule has 0 saturated carbocycles. The van der Waals surface area contributed by atoms with E-state index in [-0.39, 0.29) is 32.5 Å². The van der Waals surface area contributed by atoms with Gasteiger partial charge in [-0.3, -0.25) is 0 Å². The van der Waals surface area contributed by atoms with Gasteiger partial charge in [0.05, 0.1) is 28.4 Å². The summed E-state index contributed by atoms with van der Waals surface area (Å²) in [6.07, 6.45) is 3.52. The predicted octanol–water partition coefficient (Wildman–Crippen LogP) is 18.8. The van der Waals surface area contributed by atoms with Crippen LogP contribution in [-0.4, -0.2) is 28.4 Å². The maximum absolute atomic E-state index is 7.47. The van der Waals surface area contributed by atoms with Crippen LogP contribution in [0.5, 0.6) is 34.5 Å². The van der Waals surface area contributed by atoms with Crippen molar-refractivity contribution in [2.45, 2.75) is 209 Å². The molecule has 2 aliphatic rings. The van der Waals surface area contributed by atoms with Crippen LogP contribution in [0.2, 0.25) is 0 Å². The van der Waals surface area contributed by atoms with E-state index in [4.69, 9.17) is 28.4 Å². The lowest BCUT2D eigenvalue weighted by Gasteiger charge is -2.29. The number of hydrogen-bond acceptors (Lipinski definition) is 6. The van der Waals surface area contributed by atoms with Crippen molar-refractivity contribution < 1.29 is 28.4 Å². The molecule has 12 bridgehead atoms. The van der Waals surface area contributed by atoms with Gasteiger partial charge in [-0.15, -0.1) is 0 Å². The van der Waals surface area contributed by atoms with E-state index < -0.39 is 0 Å². The van der Waals surface area contributed by atoms with Crippen LogP contribution in [0.15, 0.2) is 97.1 Å². The number of methoxy groups -OCH3 is 4.